The number of hydrogen-bond acceptors (Lipinski definition) is 3. The molecule has 0 aromatic rings. The van der Waals surface area contributed by atoms with Gasteiger partial charge in [0.1, 0.15) is 5.60 Å². The van der Waals surface area contributed by atoms with Crippen LogP contribution in [0.5, 0.6) is 0 Å². The van der Waals surface area contributed by atoms with Gasteiger partial charge in [0.2, 0.25) is 0 Å². The van der Waals surface area contributed by atoms with Gasteiger partial charge in [0, 0.05) is 10.8 Å². The SMILES string of the molecule is C[C@@H]1C[C@H]2[C@@H]3CCC4=CC(=O)C=C[C@]4(C)C3=CC[C@]2(C)[C@@]1(O)C(=O)CCl. The first-order valence-electron chi connectivity index (χ1n) is 9.65. The second-order valence-corrected chi connectivity index (χ2v) is 9.37. The van der Waals surface area contributed by atoms with Crippen molar-refractivity contribution < 1.29 is 14.7 Å². The predicted molar refractivity (Wildman–Crippen MR) is 102 cm³/mol. The molecule has 1 N–H and O–H groups in total. The highest BCUT2D eigenvalue weighted by Crippen LogP contribution is 2.66. The summed E-state index contributed by atoms with van der Waals surface area (Å²) in [5, 5.41) is 11.5. The van der Waals surface area contributed by atoms with Gasteiger partial charge in [0.15, 0.2) is 11.6 Å². The number of ketones is 2. The van der Waals surface area contributed by atoms with Crippen LogP contribution in [-0.2, 0) is 9.59 Å². The highest BCUT2D eigenvalue weighted by molar-refractivity contribution is 6.29. The molecule has 0 heterocycles. The van der Waals surface area contributed by atoms with E-state index in [-0.39, 0.29) is 34.7 Å². The van der Waals surface area contributed by atoms with Crippen molar-refractivity contribution in [3.63, 3.8) is 0 Å². The first-order chi connectivity index (χ1) is 12.2. The van der Waals surface area contributed by atoms with Gasteiger partial charge < -0.3 is 5.11 Å². The van der Waals surface area contributed by atoms with Crippen molar-refractivity contribution in [3.8, 4) is 0 Å². The Hall–Kier alpha value is -1.19. The molecule has 0 bridgehead atoms. The molecule has 0 spiro atoms. The molecule has 0 aliphatic heterocycles. The number of fused-ring (bicyclic) bond motifs is 5. The van der Waals surface area contributed by atoms with Crippen LogP contribution in [0.4, 0.5) is 0 Å². The van der Waals surface area contributed by atoms with E-state index in [1.165, 1.54) is 11.1 Å². The van der Waals surface area contributed by atoms with Gasteiger partial charge in [-0.25, -0.2) is 0 Å². The summed E-state index contributed by atoms with van der Waals surface area (Å²) in [6, 6.07) is 0. The van der Waals surface area contributed by atoms with Crippen molar-refractivity contribution in [2.75, 3.05) is 5.88 Å². The van der Waals surface area contributed by atoms with E-state index < -0.39 is 11.0 Å². The summed E-state index contributed by atoms with van der Waals surface area (Å²) in [4.78, 5) is 24.5. The summed E-state index contributed by atoms with van der Waals surface area (Å²) >= 11 is 5.87. The van der Waals surface area contributed by atoms with Crippen LogP contribution in [0, 0.1) is 28.6 Å². The van der Waals surface area contributed by atoms with Crippen molar-refractivity contribution in [1.29, 1.82) is 0 Å². The molecule has 4 aliphatic carbocycles. The lowest BCUT2D eigenvalue weighted by Gasteiger charge is -2.53. The molecule has 0 unspecified atom stereocenters. The largest absolute Gasteiger partial charge is 0.381 e. The van der Waals surface area contributed by atoms with E-state index in [1.54, 1.807) is 12.2 Å². The molecule has 4 rings (SSSR count). The van der Waals surface area contributed by atoms with Crippen LogP contribution in [0.1, 0.15) is 46.5 Å². The number of aliphatic hydroxyl groups is 1. The Morgan fingerprint density at radius 1 is 1.38 bits per heavy atom. The van der Waals surface area contributed by atoms with E-state index in [4.69, 9.17) is 11.6 Å². The standard InChI is InChI=1S/C22H27ClO3/c1-13-10-18-16-5-4-14-11-15(24)6-8-20(14,2)17(16)7-9-21(18,3)22(13,26)19(25)12-23/h6-8,11,13,16,18,26H,4-5,9-10,12H2,1-3H3/t13-,16-,18+,20+,21+,22+/m1/s1. The van der Waals surface area contributed by atoms with Crippen LogP contribution in [0.25, 0.3) is 0 Å². The molecule has 3 nitrogen and oxygen atoms in total. The summed E-state index contributed by atoms with van der Waals surface area (Å²) in [6.45, 7) is 6.27. The van der Waals surface area contributed by atoms with E-state index in [2.05, 4.69) is 26.0 Å². The zero-order valence-electron chi connectivity index (χ0n) is 15.7. The molecule has 0 aromatic carbocycles. The lowest BCUT2D eigenvalue weighted by Crippen LogP contribution is -2.57. The summed E-state index contributed by atoms with van der Waals surface area (Å²) in [7, 11) is 0. The molecule has 4 aliphatic rings. The number of Topliss-reactive ketones (excluding diaryl/α,β-unsaturated/α-hetero) is 1. The predicted octanol–water partition coefficient (Wildman–Crippen LogP) is 4.00. The number of allylic oxidation sites excluding steroid dienone is 6. The van der Waals surface area contributed by atoms with E-state index in [9.17, 15) is 14.7 Å². The highest BCUT2D eigenvalue weighted by atomic mass is 35.5. The first-order valence-corrected chi connectivity index (χ1v) is 10.2. The smallest absolute Gasteiger partial charge is 0.179 e. The lowest BCUT2D eigenvalue weighted by atomic mass is 9.51. The number of alkyl halides is 1. The number of carbonyl (C=O) groups is 2. The van der Waals surface area contributed by atoms with Crippen molar-refractivity contribution in [2.45, 2.75) is 52.1 Å². The van der Waals surface area contributed by atoms with E-state index in [1.807, 2.05) is 6.92 Å². The quantitative estimate of drug-likeness (QED) is 0.587. The fourth-order valence-electron chi connectivity index (χ4n) is 6.56. The maximum atomic E-state index is 12.6. The zero-order chi connectivity index (χ0) is 18.9. The lowest BCUT2D eigenvalue weighted by molar-refractivity contribution is -0.155. The van der Waals surface area contributed by atoms with Gasteiger partial charge in [0.05, 0.1) is 5.88 Å². The third-order valence-electron chi connectivity index (χ3n) is 8.08. The Kier molecular flexibility index (Phi) is 3.95. The second kappa shape index (κ2) is 5.65. The van der Waals surface area contributed by atoms with Gasteiger partial charge in [-0.1, -0.05) is 37.1 Å². The van der Waals surface area contributed by atoms with Crippen molar-refractivity contribution in [2.24, 2.45) is 28.6 Å². The molecule has 2 fully saturated rings. The monoisotopic (exact) mass is 374 g/mol. The maximum Gasteiger partial charge on any atom is 0.179 e. The van der Waals surface area contributed by atoms with Crippen LogP contribution in [0.2, 0.25) is 0 Å². The topological polar surface area (TPSA) is 54.4 Å². The molecule has 26 heavy (non-hydrogen) atoms. The zero-order valence-corrected chi connectivity index (χ0v) is 16.5. The maximum absolute atomic E-state index is 12.6. The number of halogens is 1. The summed E-state index contributed by atoms with van der Waals surface area (Å²) in [6.07, 6.45) is 11.2. The second-order valence-electron chi connectivity index (χ2n) is 9.10. The molecular formula is C22H27ClO3. The van der Waals surface area contributed by atoms with Crippen LogP contribution in [0.3, 0.4) is 0 Å². The van der Waals surface area contributed by atoms with E-state index >= 15 is 0 Å². The Morgan fingerprint density at radius 3 is 2.81 bits per heavy atom. The van der Waals surface area contributed by atoms with Crippen LogP contribution in [-0.4, -0.2) is 28.2 Å². The van der Waals surface area contributed by atoms with Gasteiger partial charge in [-0.3, -0.25) is 9.59 Å². The number of carbonyl (C=O) groups excluding carboxylic acids is 2. The van der Waals surface area contributed by atoms with Crippen molar-refractivity contribution in [3.05, 3.63) is 35.5 Å². The van der Waals surface area contributed by atoms with Crippen LogP contribution < -0.4 is 0 Å². The van der Waals surface area contributed by atoms with Crippen LogP contribution in [0.15, 0.2) is 35.5 Å². The third-order valence-corrected chi connectivity index (χ3v) is 8.32. The molecule has 140 valence electrons. The normalized spacial score (nSPS) is 46.8. The third kappa shape index (κ3) is 2.05. The molecule has 0 saturated heterocycles. The Bertz CT molecular complexity index is 778. The van der Waals surface area contributed by atoms with Gasteiger partial charge in [-0.15, -0.1) is 11.6 Å². The van der Waals surface area contributed by atoms with Gasteiger partial charge in [0.25, 0.3) is 0 Å². The van der Waals surface area contributed by atoms with Gasteiger partial charge in [-0.05, 0) is 62.5 Å². The summed E-state index contributed by atoms with van der Waals surface area (Å²) in [5.41, 5.74) is 0.554. The van der Waals surface area contributed by atoms with E-state index in [0.29, 0.717) is 12.3 Å². The molecule has 0 radical (unpaired) electrons. The molecule has 6 atom stereocenters. The number of rotatable bonds is 2. The van der Waals surface area contributed by atoms with Crippen molar-refractivity contribution in [1.82, 2.24) is 0 Å². The fraction of sp³-hybridized carbons (Fsp3) is 0.636. The summed E-state index contributed by atoms with van der Waals surface area (Å²) < 4.78 is 0. The molecule has 0 aromatic heterocycles. The minimum atomic E-state index is -1.35. The van der Waals surface area contributed by atoms with E-state index in [0.717, 1.165) is 19.3 Å². The molecular weight excluding hydrogens is 348 g/mol. The highest BCUT2D eigenvalue weighted by Gasteiger charge is 2.66. The fourth-order valence-corrected chi connectivity index (χ4v) is 6.77. The average molecular weight is 375 g/mol. The van der Waals surface area contributed by atoms with Crippen molar-refractivity contribution >= 4 is 23.2 Å². The summed E-state index contributed by atoms with van der Waals surface area (Å²) in [5.74, 6) is 0.213. The first kappa shape index (κ1) is 18.2. The Balaban J connectivity index is 1.79. The molecule has 0 amide bonds. The Morgan fingerprint density at radius 2 is 2.12 bits per heavy atom. The molecule has 4 heteroatoms. The van der Waals surface area contributed by atoms with Gasteiger partial charge >= 0.3 is 0 Å². The number of hydrogen-bond donors (Lipinski definition) is 1. The Labute approximate surface area is 160 Å². The molecule has 2 saturated carbocycles. The minimum absolute atomic E-state index is 0.0775. The van der Waals surface area contributed by atoms with Crippen LogP contribution >= 0.6 is 11.6 Å². The van der Waals surface area contributed by atoms with Gasteiger partial charge in [-0.2, -0.15) is 0 Å². The average Bonchev–Trinajstić information content (AvgIpc) is 2.83. The minimum Gasteiger partial charge on any atom is -0.381 e.